The van der Waals surface area contributed by atoms with Gasteiger partial charge in [-0.1, -0.05) is 13.3 Å². The fourth-order valence-electron chi connectivity index (χ4n) is 2.15. The minimum Gasteiger partial charge on any atom is -0.481 e. The number of amides is 1. The summed E-state index contributed by atoms with van der Waals surface area (Å²) in [4.78, 5) is 22.1. The largest absolute Gasteiger partial charge is 0.481 e. The number of aliphatic carboxylic acids is 1. The van der Waals surface area contributed by atoms with E-state index in [9.17, 15) is 9.59 Å². The van der Waals surface area contributed by atoms with E-state index in [1.165, 1.54) is 19.3 Å². The Labute approximate surface area is 89.0 Å². The van der Waals surface area contributed by atoms with E-state index >= 15 is 0 Å². The van der Waals surface area contributed by atoms with Crippen LogP contribution in [0.1, 0.15) is 32.6 Å². The van der Waals surface area contributed by atoms with Crippen LogP contribution in [0.25, 0.3) is 0 Å². The molecule has 15 heavy (non-hydrogen) atoms. The van der Waals surface area contributed by atoms with E-state index < -0.39 is 11.9 Å². The number of nitrogens with one attached hydrogen (secondary N) is 1. The van der Waals surface area contributed by atoms with E-state index in [1.807, 2.05) is 0 Å². The SMILES string of the molecule is CC1(CNC(=O)[C@@H]2C[C@@H]2C(=O)O)CCC1. The number of carboxylic acid groups (broad SMARTS) is 1. The molecule has 0 spiro atoms. The van der Waals surface area contributed by atoms with E-state index in [1.54, 1.807) is 0 Å². The number of hydrogen-bond acceptors (Lipinski definition) is 2. The fourth-order valence-corrected chi connectivity index (χ4v) is 2.15. The standard InChI is InChI=1S/C11H17NO3/c1-11(3-2-4-11)6-12-9(13)7-5-8(7)10(14)15/h7-8H,2-6H2,1H3,(H,12,13)(H,14,15)/t7-,8+/m1/s1. The Bertz CT molecular complexity index is 296. The molecule has 1 amide bonds. The molecule has 4 nitrogen and oxygen atoms in total. The average molecular weight is 211 g/mol. The maximum atomic E-state index is 11.5. The third kappa shape index (κ3) is 2.13. The van der Waals surface area contributed by atoms with Crippen molar-refractivity contribution >= 4 is 11.9 Å². The molecule has 0 radical (unpaired) electrons. The van der Waals surface area contributed by atoms with Crippen LogP contribution in [0.5, 0.6) is 0 Å². The van der Waals surface area contributed by atoms with Crippen molar-refractivity contribution in [3.05, 3.63) is 0 Å². The average Bonchev–Trinajstić information content (AvgIpc) is 2.90. The second kappa shape index (κ2) is 3.51. The molecule has 2 aliphatic carbocycles. The molecule has 0 aliphatic heterocycles. The molecule has 0 unspecified atom stereocenters. The molecule has 2 atom stereocenters. The highest BCUT2D eigenvalue weighted by Gasteiger charge is 2.48. The first kappa shape index (κ1) is 10.5. The van der Waals surface area contributed by atoms with Gasteiger partial charge < -0.3 is 10.4 Å². The first-order chi connectivity index (χ1) is 7.02. The minimum absolute atomic E-state index is 0.0736. The molecule has 2 N–H and O–H groups in total. The molecule has 84 valence electrons. The summed E-state index contributed by atoms with van der Waals surface area (Å²) in [7, 11) is 0. The third-order valence-corrected chi connectivity index (χ3v) is 3.69. The third-order valence-electron chi connectivity index (χ3n) is 3.69. The lowest BCUT2D eigenvalue weighted by atomic mass is 9.70. The predicted octanol–water partition coefficient (Wildman–Crippen LogP) is 1.01. The minimum atomic E-state index is -0.843. The number of carboxylic acids is 1. The second-order valence-electron chi connectivity index (χ2n) is 5.17. The van der Waals surface area contributed by atoms with Crippen LogP contribution in [0.15, 0.2) is 0 Å². The lowest BCUT2D eigenvalue weighted by Crippen LogP contribution is -2.40. The van der Waals surface area contributed by atoms with Crippen LogP contribution >= 0.6 is 0 Å². The van der Waals surface area contributed by atoms with Crippen LogP contribution in [-0.2, 0) is 9.59 Å². The number of carbonyl (C=O) groups is 2. The van der Waals surface area contributed by atoms with Crippen molar-refractivity contribution < 1.29 is 14.7 Å². The van der Waals surface area contributed by atoms with E-state index in [-0.39, 0.29) is 17.2 Å². The van der Waals surface area contributed by atoms with Gasteiger partial charge in [-0.3, -0.25) is 9.59 Å². The Balaban J connectivity index is 1.72. The van der Waals surface area contributed by atoms with Crippen molar-refractivity contribution in [2.45, 2.75) is 32.6 Å². The summed E-state index contributed by atoms with van der Waals surface area (Å²) in [6.07, 6.45) is 4.09. The lowest BCUT2D eigenvalue weighted by molar-refractivity contribution is -0.140. The zero-order chi connectivity index (χ0) is 11.1. The summed E-state index contributed by atoms with van der Waals surface area (Å²) in [6.45, 7) is 2.87. The molecular weight excluding hydrogens is 194 g/mol. The van der Waals surface area contributed by atoms with E-state index in [0.717, 1.165) is 0 Å². The summed E-state index contributed by atoms with van der Waals surface area (Å²) in [5.41, 5.74) is 0.267. The summed E-state index contributed by atoms with van der Waals surface area (Å²) in [5.74, 6) is -1.62. The maximum absolute atomic E-state index is 11.5. The van der Waals surface area contributed by atoms with Gasteiger partial charge >= 0.3 is 5.97 Å². The van der Waals surface area contributed by atoms with Gasteiger partial charge in [-0.2, -0.15) is 0 Å². The molecule has 2 rings (SSSR count). The van der Waals surface area contributed by atoms with Crippen LogP contribution in [-0.4, -0.2) is 23.5 Å². The van der Waals surface area contributed by atoms with Gasteiger partial charge in [-0.05, 0) is 24.7 Å². The topological polar surface area (TPSA) is 66.4 Å². The molecule has 2 aliphatic rings. The summed E-state index contributed by atoms with van der Waals surface area (Å²) in [5, 5.41) is 11.5. The molecular formula is C11H17NO3. The van der Waals surface area contributed by atoms with Crippen molar-refractivity contribution in [3.8, 4) is 0 Å². The van der Waals surface area contributed by atoms with Gasteiger partial charge in [-0.15, -0.1) is 0 Å². The molecule has 4 heteroatoms. The Morgan fingerprint density at radius 1 is 1.40 bits per heavy atom. The van der Waals surface area contributed by atoms with Crippen molar-refractivity contribution in [2.75, 3.05) is 6.54 Å². The molecule has 0 aromatic carbocycles. The highest BCUT2D eigenvalue weighted by atomic mass is 16.4. The Kier molecular flexibility index (Phi) is 2.44. The van der Waals surface area contributed by atoms with Crippen LogP contribution in [0.4, 0.5) is 0 Å². The first-order valence-corrected chi connectivity index (χ1v) is 5.52. The zero-order valence-electron chi connectivity index (χ0n) is 8.95. The molecule has 2 fully saturated rings. The van der Waals surface area contributed by atoms with Crippen molar-refractivity contribution in [2.24, 2.45) is 17.3 Å². The van der Waals surface area contributed by atoms with Gasteiger partial charge in [0.25, 0.3) is 0 Å². The smallest absolute Gasteiger partial charge is 0.307 e. The Morgan fingerprint density at radius 2 is 2.07 bits per heavy atom. The van der Waals surface area contributed by atoms with Gasteiger partial charge in [0.15, 0.2) is 0 Å². The fraction of sp³-hybridized carbons (Fsp3) is 0.818. The molecule has 2 saturated carbocycles. The van der Waals surface area contributed by atoms with Crippen LogP contribution in [0, 0.1) is 17.3 Å². The Morgan fingerprint density at radius 3 is 2.47 bits per heavy atom. The van der Waals surface area contributed by atoms with E-state index in [2.05, 4.69) is 12.2 Å². The highest BCUT2D eigenvalue weighted by molar-refractivity contribution is 5.89. The van der Waals surface area contributed by atoms with Gasteiger partial charge in [0.1, 0.15) is 0 Å². The van der Waals surface area contributed by atoms with Crippen LogP contribution in [0.3, 0.4) is 0 Å². The van der Waals surface area contributed by atoms with Crippen molar-refractivity contribution in [3.63, 3.8) is 0 Å². The summed E-state index contributed by atoms with van der Waals surface area (Å²) < 4.78 is 0. The second-order valence-corrected chi connectivity index (χ2v) is 5.17. The number of rotatable bonds is 4. The summed E-state index contributed by atoms with van der Waals surface area (Å²) in [6, 6.07) is 0. The van der Waals surface area contributed by atoms with Crippen molar-refractivity contribution in [1.82, 2.24) is 5.32 Å². The highest BCUT2D eigenvalue weighted by Crippen LogP contribution is 2.41. The quantitative estimate of drug-likeness (QED) is 0.729. The number of carbonyl (C=O) groups excluding carboxylic acids is 1. The Hall–Kier alpha value is -1.06. The monoisotopic (exact) mass is 211 g/mol. The molecule has 0 aromatic heterocycles. The van der Waals surface area contributed by atoms with Gasteiger partial charge in [0.2, 0.25) is 5.91 Å². The molecule has 0 saturated heterocycles. The lowest BCUT2D eigenvalue weighted by Gasteiger charge is -2.38. The molecule has 0 heterocycles. The van der Waals surface area contributed by atoms with Crippen molar-refractivity contribution in [1.29, 1.82) is 0 Å². The number of hydrogen-bond donors (Lipinski definition) is 2. The normalized spacial score (nSPS) is 31.5. The summed E-state index contributed by atoms with van der Waals surface area (Å²) >= 11 is 0. The van der Waals surface area contributed by atoms with E-state index in [4.69, 9.17) is 5.11 Å². The van der Waals surface area contributed by atoms with Crippen LogP contribution in [0.2, 0.25) is 0 Å². The maximum Gasteiger partial charge on any atom is 0.307 e. The van der Waals surface area contributed by atoms with Gasteiger partial charge in [0.05, 0.1) is 11.8 Å². The first-order valence-electron chi connectivity index (χ1n) is 5.52. The van der Waals surface area contributed by atoms with Gasteiger partial charge in [0, 0.05) is 6.54 Å². The van der Waals surface area contributed by atoms with E-state index in [0.29, 0.717) is 13.0 Å². The molecule has 0 aromatic rings. The molecule has 0 bridgehead atoms. The predicted molar refractivity (Wildman–Crippen MR) is 54.2 cm³/mol. The van der Waals surface area contributed by atoms with Gasteiger partial charge in [-0.25, -0.2) is 0 Å². The van der Waals surface area contributed by atoms with Crippen LogP contribution < -0.4 is 5.32 Å². The zero-order valence-corrected chi connectivity index (χ0v) is 8.95.